The monoisotopic (exact) mass is 222 g/mol. The predicted molar refractivity (Wildman–Crippen MR) is 45.5 cm³/mol. The predicted octanol–water partition coefficient (Wildman–Crippen LogP) is 1.91. The van der Waals surface area contributed by atoms with Gasteiger partial charge < -0.3 is 11.1 Å². The number of anilines is 2. The van der Waals surface area contributed by atoms with Crippen molar-refractivity contribution in [3.63, 3.8) is 0 Å². The Morgan fingerprint density at radius 1 is 1.27 bits per heavy atom. The van der Waals surface area contributed by atoms with E-state index in [-0.39, 0.29) is 11.4 Å². The summed E-state index contributed by atoms with van der Waals surface area (Å²) in [5.41, 5.74) is 4.76. The SMILES string of the molecule is Nc1cc(F)cc(NC(=O)C(F)(F)F)c1. The largest absolute Gasteiger partial charge is 0.471 e. The minimum atomic E-state index is -5.01. The summed E-state index contributed by atoms with van der Waals surface area (Å²) in [4.78, 5) is 10.5. The van der Waals surface area contributed by atoms with Gasteiger partial charge in [-0.05, 0) is 18.2 Å². The summed E-state index contributed by atoms with van der Waals surface area (Å²) in [5, 5.41) is 1.48. The number of hydrogen-bond acceptors (Lipinski definition) is 2. The van der Waals surface area contributed by atoms with E-state index in [0.717, 1.165) is 18.2 Å². The van der Waals surface area contributed by atoms with Gasteiger partial charge in [0, 0.05) is 11.4 Å². The molecule has 0 aromatic heterocycles. The van der Waals surface area contributed by atoms with E-state index in [1.54, 1.807) is 0 Å². The van der Waals surface area contributed by atoms with Crippen LogP contribution in [0.5, 0.6) is 0 Å². The fourth-order valence-electron chi connectivity index (χ4n) is 0.886. The lowest BCUT2D eigenvalue weighted by molar-refractivity contribution is -0.167. The molecule has 1 amide bonds. The van der Waals surface area contributed by atoms with Gasteiger partial charge in [-0.15, -0.1) is 0 Å². The van der Waals surface area contributed by atoms with E-state index in [4.69, 9.17) is 5.73 Å². The first-order valence-corrected chi connectivity index (χ1v) is 3.73. The third kappa shape index (κ3) is 3.12. The van der Waals surface area contributed by atoms with Crippen molar-refractivity contribution < 1.29 is 22.4 Å². The van der Waals surface area contributed by atoms with E-state index in [9.17, 15) is 22.4 Å². The Kier molecular flexibility index (Phi) is 2.83. The molecule has 82 valence electrons. The summed E-state index contributed by atoms with van der Waals surface area (Å²) in [7, 11) is 0. The fraction of sp³-hybridized carbons (Fsp3) is 0.125. The zero-order valence-corrected chi connectivity index (χ0v) is 7.23. The molecule has 3 N–H and O–H groups in total. The van der Waals surface area contributed by atoms with Crippen LogP contribution in [0.1, 0.15) is 0 Å². The normalized spacial score (nSPS) is 11.2. The number of carbonyl (C=O) groups excluding carboxylic acids is 1. The number of halogens is 4. The summed E-state index contributed by atoms with van der Waals surface area (Å²) in [6.45, 7) is 0. The van der Waals surface area contributed by atoms with Gasteiger partial charge in [-0.25, -0.2) is 4.39 Å². The highest BCUT2D eigenvalue weighted by Gasteiger charge is 2.38. The van der Waals surface area contributed by atoms with E-state index in [2.05, 4.69) is 0 Å². The van der Waals surface area contributed by atoms with Crippen LogP contribution in [-0.4, -0.2) is 12.1 Å². The maximum Gasteiger partial charge on any atom is 0.471 e. The highest BCUT2D eigenvalue weighted by Crippen LogP contribution is 2.20. The summed E-state index contributed by atoms with van der Waals surface area (Å²) in [5.74, 6) is -3.00. The maximum absolute atomic E-state index is 12.7. The first-order valence-electron chi connectivity index (χ1n) is 3.73. The lowest BCUT2D eigenvalue weighted by Gasteiger charge is -2.08. The number of nitrogens with one attached hydrogen (secondary N) is 1. The number of rotatable bonds is 1. The second-order valence-electron chi connectivity index (χ2n) is 2.73. The Bertz CT molecular complexity index is 368. The molecule has 0 spiro atoms. The molecule has 3 nitrogen and oxygen atoms in total. The van der Waals surface area contributed by atoms with Gasteiger partial charge in [-0.1, -0.05) is 0 Å². The summed E-state index contributed by atoms with van der Waals surface area (Å²) in [6, 6.07) is 2.68. The molecule has 0 aliphatic heterocycles. The Morgan fingerprint density at radius 3 is 2.33 bits per heavy atom. The van der Waals surface area contributed by atoms with Crippen molar-refractivity contribution in [2.45, 2.75) is 6.18 Å². The van der Waals surface area contributed by atoms with Gasteiger partial charge in [0.2, 0.25) is 0 Å². The maximum atomic E-state index is 12.7. The van der Waals surface area contributed by atoms with E-state index in [1.165, 1.54) is 5.32 Å². The first-order chi connectivity index (χ1) is 6.79. The van der Waals surface area contributed by atoms with Gasteiger partial charge in [0.25, 0.3) is 0 Å². The van der Waals surface area contributed by atoms with Crippen molar-refractivity contribution in [2.24, 2.45) is 0 Å². The van der Waals surface area contributed by atoms with Crippen molar-refractivity contribution in [3.8, 4) is 0 Å². The van der Waals surface area contributed by atoms with E-state index >= 15 is 0 Å². The molecule has 0 aliphatic carbocycles. The van der Waals surface area contributed by atoms with Gasteiger partial charge >= 0.3 is 12.1 Å². The Morgan fingerprint density at radius 2 is 1.87 bits per heavy atom. The molecule has 0 unspecified atom stereocenters. The van der Waals surface area contributed by atoms with Crippen LogP contribution in [-0.2, 0) is 4.79 Å². The Balaban J connectivity index is 2.86. The number of amides is 1. The Labute approximate surface area is 81.9 Å². The van der Waals surface area contributed by atoms with Gasteiger partial charge in [0.05, 0.1) is 0 Å². The first kappa shape index (κ1) is 11.3. The molecule has 15 heavy (non-hydrogen) atoms. The third-order valence-corrected chi connectivity index (χ3v) is 1.44. The summed E-state index contributed by atoms with van der Waals surface area (Å²) >= 11 is 0. The third-order valence-electron chi connectivity index (χ3n) is 1.44. The molecule has 0 fully saturated rings. The highest BCUT2D eigenvalue weighted by molar-refractivity contribution is 5.95. The van der Waals surface area contributed by atoms with Crippen LogP contribution in [0.15, 0.2) is 18.2 Å². The van der Waals surface area contributed by atoms with Gasteiger partial charge in [0.1, 0.15) is 5.82 Å². The molecule has 0 saturated carbocycles. The van der Waals surface area contributed by atoms with Crippen LogP contribution in [0.2, 0.25) is 0 Å². The van der Waals surface area contributed by atoms with Gasteiger partial charge in [-0.3, -0.25) is 4.79 Å². The van der Waals surface area contributed by atoms with Crippen LogP contribution in [0.25, 0.3) is 0 Å². The minimum Gasteiger partial charge on any atom is -0.399 e. The molecule has 1 aromatic carbocycles. The van der Waals surface area contributed by atoms with Crippen molar-refractivity contribution in [2.75, 3.05) is 11.1 Å². The van der Waals surface area contributed by atoms with E-state index in [1.807, 2.05) is 0 Å². The van der Waals surface area contributed by atoms with Crippen LogP contribution < -0.4 is 11.1 Å². The van der Waals surface area contributed by atoms with Gasteiger partial charge in [-0.2, -0.15) is 13.2 Å². The summed E-state index contributed by atoms with van der Waals surface area (Å²) in [6.07, 6.45) is -5.01. The van der Waals surface area contributed by atoms with Crippen molar-refractivity contribution in [1.82, 2.24) is 0 Å². The number of benzene rings is 1. The van der Waals surface area contributed by atoms with Crippen LogP contribution in [0, 0.1) is 5.82 Å². The van der Waals surface area contributed by atoms with Crippen molar-refractivity contribution in [3.05, 3.63) is 24.0 Å². The molecule has 7 heteroatoms. The zero-order valence-electron chi connectivity index (χ0n) is 7.23. The zero-order chi connectivity index (χ0) is 11.6. The molecule has 0 atom stereocenters. The van der Waals surface area contributed by atoms with E-state index < -0.39 is 17.9 Å². The van der Waals surface area contributed by atoms with Gasteiger partial charge in [0.15, 0.2) is 0 Å². The highest BCUT2D eigenvalue weighted by atomic mass is 19.4. The molecule has 1 rings (SSSR count). The fourth-order valence-corrected chi connectivity index (χ4v) is 0.886. The molecule has 1 aromatic rings. The second-order valence-corrected chi connectivity index (χ2v) is 2.73. The van der Waals surface area contributed by atoms with Crippen LogP contribution in [0.3, 0.4) is 0 Å². The Hall–Kier alpha value is -1.79. The molecule has 0 radical (unpaired) electrons. The quantitative estimate of drug-likeness (QED) is 0.563. The van der Waals surface area contributed by atoms with Crippen LogP contribution in [0.4, 0.5) is 28.9 Å². The second kappa shape index (κ2) is 3.76. The number of alkyl halides is 3. The number of hydrogen-bond donors (Lipinski definition) is 2. The topological polar surface area (TPSA) is 55.1 Å². The number of nitrogen functional groups attached to an aromatic ring is 1. The molecule has 0 heterocycles. The minimum absolute atomic E-state index is 0.0764. The van der Waals surface area contributed by atoms with E-state index in [0.29, 0.717) is 0 Å². The lowest BCUT2D eigenvalue weighted by Crippen LogP contribution is -2.29. The molecule has 0 bridgehead atoms. The number of carbonyl (C=O) groups is 1. The molecular weight excluding hydrogens is 216 g/mol. The average molecular weight is 222 g/mol. The molecular formula is C8H6F4N2O. The lowest BCUT2D eigenvalue weighted by atomic mass is 10.2. The molecule has 0 saturated heterocycles. The van der Waals surface area contributed by atoms with Crippen LogP contribution >= 0.6 is 0 Å². The average Bonchev–Trinajstić information content (AvgIpc) is 1.99. The van der Waals surface area contributed by atoms with Crippen molar-refractivity contribution in [1.29, 1.82) is 0 Å². The number of nitrogens with two attached hydrogens (primary N) is 1. The standard InChI is InChI=1S/C8H6F4N2O/c9-4-1-5(13)3-6(2-4)14-7(15)8(10,11)12/h1-3H,13H2,(H,14,15). The summed E-state index contributed by atoms with van der Waals surface area (Å²) < 4.78 is 48.1. The smallest absolute Gasteiger partial charge is 0.399 e. The van der Waals surface area contributed by atoms with Crippen molar-refractivity contribution >= 4 is 17.3 Å². The molecule has 0 aliphatic rings.